The number of nitrogens with zero attached hydrogens (tertiary/aromatic N) is 2. The molecule has 7 nitrogen and oxygen atoms in total. The number of likely N-dealkylation sites (N-methyl/N-ethyl adjacent to an activating group) is 1. The van der Waals surface area contributed by atoms with Crippen molar-refractivity contribution in [1.82, 2.24) is 24.4 Å². The molecular weight excluding hydrogens is 469 g/mol. The summed E-state index contributed by atoms with van der Waals surface area (Å²) in [5.41, 5.74) is -0.165. The molecular formula is C17H35F2IN6O. The molecule has 2 heterocycles. The quantitative estimate of drug-likeness (QED) is 0.119. The second kappa shape index (κ2) is 11.8. The van der Waals surface area contributed by atoms with E-state index in [0.29, 0.717) is 30.2 Å². The van der Waals surface area contributed by atoms with Crippen LogP contribution < -0.4 is 19.5 Å². The summed E-state index contributed by atoms with van der Waals surface area (Å²) in [5, 5.41) is 10.1. The van der Waals surface area contributed by atoms with Crippen LogP contribution in [0.15, 0.2) is 4.99 Å². The van der Waals surface area contributed by atoms with Crippen LogP contribution in [0.2, 0.25) is 0 Å². The van der Waals surface area contributed by atoms with Gasteiger partial charge >= 0.3 is 169 Å². The van der Waals surface area contributed by atoms with Gasteiger partial charge in [0, 0.05) is 0 Å². The van der Waals surface area contributed by atoms with Crippen molar-refractivity contribution >= 4 is 26.4 Å². The van der Waals surface area contributed by atoms with Gasteiger partial charge < -0.3 is 0 Å². The summed E-state index contributed by atoms with van der Waals surface area (Å²) < 4.78 is 36.8. The van der Waals surface area contributed by atoms with Gasteiger partial charge in [0.25, 0.3) is 0 Å². The predicted molar refractivity (Wildman–Crippen MR) is 115 cm³/mol. The molecule has 0 spiro atoms. The van der Waals surface area contributed by atoms with E-state index in [-0.39, 0.29) is 18.1 Å². The first-order valence-electron chi connectivity index (χ1n) is 9.58. The summed E-state index contributed by atoms with van der Waals surface area (Å²) in [6, 6.07) is 0. The summed E-state index contributed by atoms with van der Waals surface area (Å²) in [5.74, 6) is 0. The van der Waals surface area contributed by atoms with Crippen molar-refractivity contribution in [3.05, 3.63) is 0 Å². The molecule has 2 aliphatic rings. The molecule has 10 heteroatoms. The van der Waals surface area contributed by atoms with Crippen molar-refractivity contribution in [2.45, 2.75) is 23.4 Å². The maximum absolute atomic E-state index is 12.9. The fourth-order valence-corrected chi connectivity index (χ4v) is 10.3. The summed E-state index contributed by atoms with van der Waals surface area (Å²) in [6.45, 7) is 7.05. The Morgan fingerprint density at radius 1 is 1.41 bits per heavy atom. The molecule has 0 aromatic carbocycles. The number of halogens is 3. The van der Waals surface area contributed by atoms with E-state index in [2.05, 4.69) is 24.5 Å². The average molecular weight is 504 g/mol. The molecule has 0 aromatic rings. The van der Waals surface area contributed by atoms with Crippen molar-refractivity contribution in [3.63, 3.8) is 0 Å². The van der Waals surface area contributed by atoms with E-state index in [1.807, 2.05) is 14.0 Å². The predicted octanol–water partition coefficient (Wildman–Crippen LogP) is 0.366. The van der Waals surface area contributed by atoms with Crippen molar-refractivity contribution < 1.29 is 13.5 Å². The van der Waals surface area contributed by atoms with Gasteiger partial charge in [-0.2, -0.15) is 0 Å². The molecule has 3 atom stereocenters. The summed E-state index contributed by atoms with van der Waals surface area (Å²) in [4.78, 5) is 6.28. The van der Waals surface area contributed by atoms with E-state index >= 15 is 0 Å². The fourth-order valence-electron chi connectivity index (χ4n) is 3.57. The Balaban J connectivity index is 2.06. The number of ether oxygens (including phenoxy) is 1. The molecule has 3 unspecified atom stereocenters. The zero-order valence-electron chi connectivity index (χ0n) is 16.6. The van der Waals surface area contributed by atoms with Crippen molar-refractivity contribution in [3.8, 4) is 0 Å². The summed E-state index contributed by atoms with van der Waals surface area (Å²) >= 11 is -1.27. The minimum absolute atomic E-state index is 0.0222. The Bertz CT molecular complexity index is 461. The molecule has 4 N–H and O–H groups in total. The van der Waals surface area contributed by atoms with Crippen LogP contribution >= 0.6 is 20.1 Å². The Morgan fingerprint density at radius 3 is 2.93 bits per heavy atom. The third-order valence-electron chi connectivity index (χ3n) is 4.89. The first kappa shape index (κ1) is 23.1. The van der Waals surface area contributed by atoms with E-state index in [0.717, 1.165) is 19.6 Å². The van der Waals surface area contributed by atoms with Crippen molar-refractivity contribution in [2.75, 3.05) is 71.0 Å². The van der Waals surface area contributed by atoms with Gasteiger partial charge in [0.15, 0.2) is 0 Å². The van der Waals surface area contributed by atoms with Gasteiger partial charge in [-0.3, -0.25) is 0 Å². The Hall–Kier alpha value is -0.140. The van der Waals surface area contributed by atoms with Crippen LogP contribution in [0.25, 0.3) is 0 Å². The second-order valence-electron chi connectivity index (χ2n) is 7.05. The number of hydrogen-bond acceptors (Lipinski definition) is 7. The molecule has 2 rings (SSSR count). The SMILES string of the molecule is CCOCCNC1NC=NCC1(CN(C)CC(F)F)C1CI1NCCNC. The Morgan fingerprint density at radius 2 is 2.22 bits per heavy atom. The van der Waals surface area contributed by atoms with E-state index in [1.165, 1.54) is 4.43 Å². The summed E-state index contributed by atoms with van der Waals surface area (Å²) in [6.07, 6.45) is -0.549. The van der Waals surface area contributed by atoms with E-state index < -0.39 is 26.5 Å². The monoisotopic (exact) mass is 504 g/mol. The summed E-state index contributed by atoms with van der Waals surface area (Å²) in [7, 11) is 3.74. The fraction of sp³-hybridized carbons (Fsp3) is 0.941. The van der Waals surface area contributed by atoms with Crippen LogP contribution in [0, 0.1) is 5.41 Å². The minimum atomic E-state index is -2.32. The number of rotatable bonds is 14. The number of alkyl halides is 4. The zero-order chi connectivity index (χ0) is 19.7. The van der Waals surface area contributed by atoms with Crippen LogP contribution in [0.1, 0.15) is 6.92 Å². The van der Waals surface area contributed by atoms with Gasteiger partial charge in [-0.1, -0.05) is 0 Å². The van der Waals surface area contributed by atoms with Gasteiger partial charge in [-0.25, -0.2) is 0 Å². The topological polar surface area (TPSA) is 73.0 Å². The van der Waals surface area contributed by atoms with E-state index in [9.17, 15) is 8.78 Å². The molecule has 2 aliphatic heterocycles. The first-order valence-corrected chi connectivity index (χ1v) is 13.4. The number of nitrogens with one attached hydrogen (secondary N) is 4. The van der Waals surface area contributed by atoms with Gasteiger partial charge in [0.1, 0.15) is 0 Å². The molecule has 1 saturated heterocycles. The van der Waals surface area contributed by atoms with Crippen LogP contribution in [-0.4, -0.2) is 98.8 Å². The maximum atomic E-state index is 12.9. The Labute approximate surface area is 169 Å². The average Bonchev–Trinajstić information content (AvgIpc) is 3.39. The van der Waals surface area contributed by atoms with Gasteiger partial charge in [0.2, 0.25) is 0 Å². The molecule has 0 aliphatic carbocycles. The molecule has 160 valence electrons. The van der Waals surface area contributed by atoms with Crippen molar-refractivity contribution in [1.29, 1.82) is 0 Å². The van der Waals surface area contributed by atoms with Crippen LogP contribution in [0.5, 0.6) is 0 Å². The second-order valence-corrected chi connectivity index (χ2v) is 12.5. The van der Waals surface area contributed by atoms with Crippen LogP contribution in [0.4, 0.5) is 8.78 Å². The van der Waals surface area contributed by atoms with Gasteiger partial charge in [0.05, 0.1) is 0 Å². The molecule has 0 radical (unpaired) electrons. The van der Waals surface area contributed by atoms with Crippen LogP contribution in [0.3, 0.4) is 0 Å². The molecule has 0 saturated carbocycles. The molecule has 0 amide bonds. The molecule has 0 aromatic heterocycles. The molecule has 27 heavy (non-hydrogen) atoms. The normalized spacial score (nSPS) is 28.8. The molecule has 1 fully saturated rings. The number of hydrogen-bond donors (Lipinski definition) is 4. The van der Waals surface area contributed by atoms with E-state index in [1.54, 1.807) is 18.3 Å². The molecule has 0 bridgehead atoms. The van der Waals surface area contributed by atoms with Gasteiger partial charge in [-0.15, -0.1) is 0 Å². The standard InChI is InChI=1S/C17H35F2IN6O/c1-4-27-8-7-23-16-17(11-22-13-24-16,12-26(3)10-15(18)19)14-9-20(14)25-6-5-21-2/h13-16,21,23,25H,4-12H2,1-3H3,(H,22,24). The Kier molecular flexibility index (Phi) is 10.1. The third-order valence-corrected chi connectivity index (χ3v) is 10.6. The van der Waals surface area contributed by atoms with Crippen molar-refractivity contribution in [2.24, 2.45) is 10.4 Å². The number of aliphatic imine (C=N–C) groups is 1. The van der Waals surface area contributed by atoms with Gasteiger partial charge in [-0.05, 0) is 0 Å². The van der Waals surface area contributed by atoms with Crippen LogP contribution in [-0.2, 0) is 4.74 Å². The first-order chi connectivity index (χ1) is 13.0. The zero-order valence-corrected chi connectivity index (χ0v) is 18.8. The third kappa shape index (κ3) is 7.00. The van der Waals surface area contributed by atoms with E-state index in [4.69, 9.17) is 4.74 Å².